The van der Waals surface area contributed by atoms with E-state index in [9.17, 15) is 18.0 Å². The second-order valence-electron chi connectivity index (χ2n) is 10.4. The minimum Gasteiger partial charge on any atom is -0.326 e. The normalized spacial score (nSPS) is 40.3. The molecule has 0 atom stereocenters. The standard InChI is InChI=1S/C21H25ClF3NO/c1-17-7-18(2)9-19(3,8-17)12-20(10-17,11-18)16(27)26-13-4-5-15(22)14(6-13)21(23,24)25/h4-6H,7-12H2,1-3H3,(H,26,27). The van der Waals surface area contributed by atoms with E-state index in [0.29, 0.717) is 0 Å². The third kappa shape index (κ3) is 3.16. The summed E-state index contributed by atoms with van der Waals surface area (Å²) >= 11 is 5.70. The van der Waals surface area contributed by atoms with E-state index in [4.69, 9.17) is 11.6 Å². The molecule has 4 fully saturated rings. The fourth-order valence-corrected chi connectivity index (χ4v) is 7.84. The molecule has 148 valence electrons. The van der Waals surface area contributed by atoms with Crippen LogP contribution < -0.4 is 5.32 Å². The van der Waals surface area contributed by atoms with Gasteiger partial charge in [0.2, 0.25) is 5.91 Å². The van der Waals surface area contributed by atoms with E-state index in [1.807, 2.05) is 0 Å². The molecule has 4 aliphatic carbocycles. The Balaban J connectivity index is 1.64. The molecule has 0 unspecified atom stereocenters. The van der Waals surface area contributed by atoms with Crippen molar-refractivity contribution in [2.75, 3.05) is 5.32 Å². The smallest absolute Gasteiger partial charge is 0.326 e. The first-order valence-corrected chi connectivity index (χ1v) is 9.82. The van der Waals surface area contributed by atoms with E-state index in [1.165, 1.54) is 12.1 Å². The lowest BCUT2D eigenvalue weighted by molar-refractivity contribution is -0.188. The zero-order valence-electron chi connectivity index (χ0n) is 15.9. The highest BCUT2D eigenvalue weighted by molar-refractivity contribution is 6.31. The van der Waals surface area contributed by atoms with Crippen LogP contribution in [0.5, 0.6) is 0 Å². The van der Waals surface area contributed by atoms with Gasteiger partial charge in [-0.2, -0.15) is 13.2 Å². The molecule has 6 heteroatoms. The lowest BCUT2D eigenvalue weighted by atomic mass is 9.36. The molecule has 0 radical (unpaired) electrons. The fourth-order valence-electron chi connectivity index (χ4n) is 7.62. The van der Waals surface area contributed by atoms with E-state index in [2.05, 4.69) is 26.1 Å². The van der Waals surface area contributed by atoms with Gasteiger partial charge in [-0.3, -0.25) is 4.79 Å². The molecule has 0 saturated heterocycles. The Labute approximate surface area is 162 Å². The van der Waals surface area contributed by atoms with Crippen LogP contribution >= 0.6 is 11.6 Å². The van der Waals surface area contributed by atoms with Gasteiger partial charge in [-0.05, 0) is 73.0 Å². The average molecular weight is 400 g/mol. The SMILES string of the molecule is CC12CC3(C)CC(C)(C1)CC(C(=O)Nc1ccc(Cl)c(C(F)(F)F)c1)(C2)C3. The lowest BCUT2D eigenvalue weighted by Gasteiger charge is -2.68. The quantitative estimate of drug-likeness (QED) is 0.590. The molecule has 1 aromatic rings. The predicted octanol–water partition coefficient (Wildman–Crippen LogP) is 6.68. The molecule has 2 nitrogen and oxygen atoms in total. The molecule has 0 heterocycles. The molecule has 1 aromatic carbocycles. The Kier molecular flexibility index (Phi) is 3.84. The van der Waals surface area contributed by atoms with Crippen LogP contribution in [0.4, 0.5) is 18.9 Å². The number of nitrogens with one attached hydrogen (secondary N) is 1. The lowest BCUT2D eigenvalue weighted by Crippen LogP contribution is -2.62. The molecule has 5 rings (SSSR count). The summed E-state index contributed by atoms with van der Waals surface area (Å²) in [7, 11) is 0. The number of anilines is 1. The van der Waals surface area contributed by atoms with Crippen LogP contribution in [-0.4, -0.2) is 5.91 Å². The summed E-state index contributed by atoms with van der Waals surface area (Å²) in [5.74, 6) is -0.138. The number of amides is 1. The first-order valence-electron chi connectivity index (χ1n) is 9.44. The third-order valence-corrected chi connectivity index (χ3v) is 7.20. The molecule has 0 aliphatic heterocycles. The van der Waals surface area contributed by atoms with Gasteiger partial charge in [-0.15, -0.1) is 0 Å². The summed E-state index contributed by atoms with van der Waals surface area (Å²) in [6, 6.07) is 3.58. The van der Waals surface area contributed by atoms with E-state index >= 15 is 0 Å². The van der Waals surface area contributed by atoms with E-state index < -0.39 is 17.2 Å². The third-order valence-electron chi connectivity index (χ3n) is 6.87. The van der Waals surface area contributed by atoms with Gasteiger partial charge in [0.15, 0.2) is 0 Å². The molecule has 4 bridgehead atoms. The van der Waals surface area contributed by atoms with Gasteiger partial charge >= 0.3 is 6.18 Å². The van der Waals surface area contributed by atoms with Crippen molar-refractivity contribution in [2.45, 2.75) is 65.5 Å². The number of halogens is 4. The van der Waals surface area contributed by atoms with Crippen LogP contribution in [0.3, 0.4) is 0 Å². The maximum atomic E-state index is 13.3. The van der Waals surface area contributed by atoms with Crippen molar-refractivity contribution >= 4 is 23.2 Å². The Hall–Kier alpha value is -1.23. The molecule has 1 N–H and O–H groups in total. The summed E-state index contributed by atoms with van der Waals surface area (Å²) in [5, 5.41) is 2.43. The van der Waals surface area contributed by atoms with Crippen LogP contribution in [0.1, 0.15) is 64.9 Å². The number of carbonyl (C=O) groups excluding carboxylic acids is 1. The largest absolute Gasteiger partial charge is 0.417 e. The molecule has 4 saturated carbocycles. The van der Waals surface area contributed by atoms with Gasteiger partial charge in [0.1, 0.15) is 0 Å². The van der Waals surface area contributed by atoms with Crippen LogP contribution in [0.15, 0.2) is 18.2 Å². The van der Waals surface area contributed by atoms with Crippen LogP contribution in [-0.2, 0) is 11.0 Å². The topological polar surface area (TPSA) is 29.1 Å². The first-order chi connectivity index (χ1) is 12.3. The van der Waals surface area contributed by atoms with Gasteiger partial charge in [0.25, 0.3) is 0 Å². The fraction of sp³-hybridized carbons (Fsp3) is 0.667. The highest BCUT2D eigenvalue weighted by Crippen LogP contribution is 2.73. The highest BCUT2D eigenvalue weighted by atomic mass is 35.5. The monoisotopic (exact) mass is 399 g/mol. The van der Waals surface area contributed by atoms with Crippen molar-refractivity contribution in [1.82, 2.24) is 0 Å². The summed E-state index contributed by atoms with van der Waals surface area (Å²) in [5.41, 5.74) is -0.858. The molecule has 27 heavy (non-hydrogen) atoms. The number of hydrogen-bond donors (Lipinski definition) is 1. The van der Waals surface area contributed by atoms with Crippen LogP contribution in [0.25, 0.3) is 0 Å². The summed E-state index contributed by atoms with van der Waals surface area (Å²) in [6.07, 6.45) is 1.29. The number of benzene rings is 1. The molecule has 0 aromatic heterocycles. The van der Waals surface area contributed by atoms with Crippen molar-refractivity contribution in [3.63, 3.8) is 0 Å². The molecular weight excluding hydrogens is 375 g/mol. The Morgan fingerprint density at radius 1 is 0.963 bits per heavy atom. The maximum Gasteiger partial charge on any atom is 0.417 e. The second-order valence-corrected chi connectivity index (χ2v) is 10.8. The van der Waals surface area contributed by atoms with Crippen LogP contribution in [0, 0.1) is 21.7 Å². The molecular formula is C21H25ClF3NO. The molecule has 1 amide bonds. The molecule has 4 aliphatic rings. The zero-order valence-corrected chi connectivity index (χ0v) is 16.7. The van der Waals surface area contributed by atoms with Gasteiger partial charge in [0.05, 0.1) is 16.0 Å². The van der Waals surface area contributed by atoms with Crippen molar-refractivity contribution < 1.29 is 18.0 Å². The molecule has 0 spiro atoms. The predicted molar refractivity (Wildman–Crippen MR) is 99.5 cm³/mol. The Morgan fingerprint density at radius 2 is 1.44 bits per heavy atom. The number of rotatable bonds is 2. The summed E-state index contributed by atoms with van der Waals surface area (Å²) in [6.45, 7) is 6.81. The highest BCUT2D eigenvalue weighted by Gasteiger charge is 2.66. The summed E-state index contributed by atoms with van der Waals surface area (Å²) in [4.78, 5) is 13.3. The van der Waals surface area contributed by atoms with Crippen molar-refractivity contribution in [3.8, 4) is 0 Å². The minimum atomic E-state index is -4.55. The summed E-state index contributed by atoms with van der Waals surface area (Å²) < 4.78 is 39.4. The van der Waals surface area contributed by atoms with Gasteiger partial charge in [-0.25, -0.2) is 0 Å². The maximum absolute atomic E-state index is 13.3. The van der Waals surface area contributed by atoms with Crippen molar-refractivity contribution in [2.24, 2.45) is 21.7 Å². The van der Waals surface area contributed by atoms with E-state index in [0.717, 1.165) is 44.6 Å². The number of alkyl halides is 3. The zero-order chi connectivity index (χ0) is 19.9. The van der Waals surface area contributed by atoms with Gasteiger partial charge < -0.3 is 5.32 Å². The number of hydrogen-bond acceptors (Lipinski definition) is 1. The Morgan fingerprint density at radius 3 is 1.89 bits per heavy atom. The average Bonchev–Trinajstić information content (AvgIpc) is 2.43. The van der Waals surface area contributed by atoms with Gasteiger partial charge in [0, 0.05) is 5.69 Å². The minimum absolute atomic E-state index is 0.132. The van der Waals surface area contributed by atoms with E-state index in [-0.39, 0.29) is 32.9 Å². The van der Waals surface area contributed by atoms with Gasteiger partial charge in [-0.1, -0.05) is 32.4 Å². The Bertz CT molecular complexity index is 765. The second kappa shape index (κ2) is 5.43. The number of carbonyl (C=O) groups is 1. The van der Waals surface area contributed by atoms with E-state index in [1.54, 1.807) is 0 Å². The van der Waals surface area contributed by atoms with Crippen molar-refractivity contribution in [1.29, 1.82) is 0 Å². The first kappa shape index (κ1) is 19.1. The van der Waals surface area contributed by atoms with Crippen molar-refractivity contribution in [3.05, 3.63) is 28.8 Å². The van der Waals surface area contributed by atoms with Crippen LogP contribution in [0.2, 0.25) is 5.02 Å².